The number of nitrogens with zero attached hydrogens (tertiary/aromatic N) is 5. The lowest BCUT2D eigenvalue weighted by Crippen LogP contribution is -2.29. The molecule has 4 aromatic rings. The van der Waals surface area contributed by atoms with E-state index < -0.39 is 0 Å². The molecule has 0 spiro atoms. The van der Waals surface area contributed by atoms with E-state index in [4.69, 9.17) is 24.6 Å². The van der Waals surface area contributed by atoms with E-state index in [2.05, 4.69) is 20.3 Å². The van der Waals surface area contributed by atoms with Crippen molar-refractivity contribution in [2.24, 2.45) is 5.92 Å². The van der Waals surface area contributed by atoms with E-state index in [1.807, 2.05) is 30.5 Å². The van der Waals surface area contributed by atoms with Gasteiger partial charge in [0.1, 0.15) is 12.6 Å². The predicted molar refractivity (Wildman–Crippen MR) is 124 cm³/mol. The van der Waals surface area contributed by atoms with Crippen LogP contribution in [0.2, 0.25) is 0 Å². The van der Waals surface area contributed by atoms with Crippen molar-refractivity contribution in [2.75, 3.05) is 19.1 Å². The molecule has 0 aliphatic carbocycles. The SMILES string of the molecule is CC(C)C(=O)NCCCn1c(Sc2cc3c(cc2-c2ncco2)OCO3)nc2c(N)ncnc21. The van der Waals surface area contributed by atoms with Gasteiger partial charge in [-0.2, -0.15) is 0 Å². The number of amides is 1. The van der Waals surface area contributed by atoms with Gasteiger partial charge in [-0.1, -0.05) is 25.6 Å². The van der Waals surface area contributed by atoms with Crippen molar-refractivity contribution in [3.05, 3.63) is 30.9 Å². The summed E-state index contributed by atoms with van der Waals surface area (Å²) in [5, 5.41) is 3.61. The van der Waals surface area contributed by atoms with Crippen molar-refractivity contribution in [3.8, 4) is 23.0 Å². The molecule has 0 fully saturated rings. The smallest absolute Gasteiger partial charge is 0.231 e. The lowest BCUT2D eigenvalue weighted by atomic mass is 10.2. The molecule has 0 saturated carbocycles. The van der Waals surface area contributed by atoms with Gasteiger partial charge < -0.3 is 29.5 Å². The Hall–Kier alpha value is -3.80. The third-order valence-corrected chi connectivity index (χ3v) is 6.30. The second-order valence-corrected chi connectivity index (χ2v) is 8.93. The van der Waals surface area contributed by atoms with E-state index in [1.165, 1.54) is 24.4 Å². The van der Waals surface area contributed by atoms with Gasteiger partial charge in [0.05, 0.1) is 11.8 Å². The first-order valence-corrected chi connectivity index (χ1v) is 11.6. The fraction of sp³-hybridized carbons (Fsp3) is 0.318. The first-order chi connectivity index (χ1) is 16.5. The molecular weight excluding hydrogens is 458 g/mol. The number of rotatable bonds is 8. The molecule has 1 aromatic carbocycles. The highest BCUT2D eigenvalue weighted by Crippen LogP contribution is 2.44. The topological polar surface area (TPSA) is 143 Å². The van der Waals surface area contributed by atoms with Gasteiger partial charge in [0, 0.05) is 23.9 Å². The number of ether oxygens (including phenoxy) is 2. The van der Waals surface area contributed by atoms with Gasteiger partial charge in [-0.15, -0.1) is 0 Å². The Morgan fingerprint density at radius 2 is 2.06 bits per heavy atom. The molecule has 4 heterocycles. The highest BCUT2D eigenvalue weighted by Gasteiger charge is 2.23. The third kappa shape index (κ3) is 4.23. The molecule has 3 aromatic heterocycles. The molecule has 0 bridgehead atoms. The van der Waals surface area contributed by atoms with Gasteiger partial charge in [0.2, 0.25) is 18.6 Å². The summed E-state index contributed by atoms with van der Waals surface area (Å²) in [7, 11) is 0. The molecular formula is C22H23N7O4S. The van der Waals surface area contributed by atoms with E-state index in [0.29, 0.717) is 59.0 Å². The molecule has 12 heteroatoms. The molecule has 0 radical (unpaired) electrons. The first kappa shape index (κ1) is 22.0. The molecule has 11 nitrogen and oxygen atoms in total. The monoisotopic (exact) mass is 481 g/mol. The predicted octanol–water partition coefficient (Wildman–Crippen LogP) is 3.11. The number of hydrogen-bond acceptors (Lipinski definition) is 10. The number of oxazole rings is 1. The Balaban J connectivity index is 1.49. The van der Waals surface area contributed by atoms with Crippen molar-refractivity contribution in [2.45, 2.75) is 36.9 Å². The number of nitrogens with two attached hydrogens (primary N) is 1. The highest BCUT2D eigenvalue weighted by molar-refractivity contribution is 7.99. The Labute approximate surface area is 199 Å². The molecule has 1 aliphatic heterocycles. The van der Waals surface area contributed by atoms with Gasteiger partial charge >= 0.3 is 0 Å². The summed E-state index contributed by atoms with van der Waals surface area (Å²) in [6, 6.07) is 3.73. The summed E-state index contributed by atoms with van der Waals surface area (Å²) in [6.07, 6.45) is 5.22. The lowest BCUT2D eigenvalue weighted by molar-refractivity contribution is -0.123. The standard InChI is InChI=1S/C22H23N7O4S/c1-12(2)20(30)24-4-3-6-29-19-17(18(23)26-10-27-19)28-22(29)34-16-9-15-14(32-11-33-15)8-13(16)21-25-5-7-31-21/h5,7-10,12H,3-4,6,11H2,1-2H3,(H,24,30)(H2,23,26,27). The largest absolute Gasteiger partial charge is 0.454 e. The normalized spacial score (nSPS) is 12.6. The van der Waals surface area contributed by atoms with E-state index in [1.54, 1.807) is 6.20 Å². The second kappa shape index (κ2) is 9.21. The number of carbonyl (C=O) groups excluding carboxylic acids is 1. The van der Waals surface area contributed by atoms with Crippen molar-refractivity contribution in [3.63, 3.8) is 0 Å². The van der Waals surface area contributed by atoms with E-state index in [0.717, 1.165) is 10.5 Å². The van der Waals surface area contributed by atoms with E-state index in [9.17, 15) is 4.79 Å². The number of benzene rings is 1. The van der Waals surface area contributed by atoms with Crippen LogP contribution in [-0.2, 0) is 11.3 Å². The van der Waals surface area contributed by atoms with Crippen molar-refractivity contribution in [1.29, 1.82) is 0 Å². The van der Waals surface area contributed by atoms with Crippen LogP contribution < -0.4 is 20.5 Å². The molecule has 3 N–H and O–H groups in total. The summed E-state index contributed by atoms with van der Waals surface area (Å²) in [6.45, 7) is 4.99. The zero-order valence-corrected chi connectivity index (χ0v) is 19.5. The number of aryl methyl sites for hydroxylation is 1. The molecule has 0 saturated heterocycles. The van der Waals surface area contributed by atoms with Crippen LogP contribution in [-0.4, -0.2) is 43.7 Å². The maximum Gasteiger partial charge on any atom is 0.231 e. The number of imidazole rings is 1. The number of nitrogen functional groups attached to an aromatic ring is 1. The number of anilines is 1. The summed E-state index contributed by atoms with van der Waals surface area (Å²) in [4.78, 5) is 30.2. The van der Waals surface area contributed by atoms with Crippen LogP contribution in [0.3, 0.4) is 0 Å². The van der Waals surface area contributed by atoms with Gasteiger partial charge in [-0.3, -0.25) is 4.79 Å². The van der Waals surface area contributed by atoms with Crippen LogP contribution in [0.15, 0.2) is 45.4 Å². The van der Waals surface area contributed by atoms with Crippen LogP contribution in [0.5, 0.6) is 11.5 Å². The van der Waals surface area contributed by atoms with E-state index >= 15 is 0 Å². The number of nitrogens with one attached hydrogen (secondary N) is 1. The summed E-state index contributed by atoms with van der Waals surface area (Å²) in [5.74, 6) is 1.98. The van der Waals surface area contributed by atoms with Gasteiger partial charge in [0.15, 0.2) is 33.6 Å². The van der Waals surface area contributed by atoms with Crippen LogP contribution >= 0.6 is 11.8 Å². The summed E-state index contributed by atoms with van der Waals surface area (Å²) in [5.41, 5.74) is 7.99. The minimum Gasteiger partial charge on any atom is -0.454 e. The maximum atomic E-state index is 11.9. The zero-order chi connectivity index (χ0) is 23.7. The van der Waals surface area contributed by atoms with Crippen molar-refractivity contribution >= 4 is 34.7 Å². The summed E-state index contributed by atoms with van der Waals surface area (Å²) >= 11 is 1.41. The number of aromatic nitrogens is 5. The van der Waals surface area contributed by atoms with Crippen LogP contribution in [0.4, 0.5) is 5.82 Å². The number of carbonyl (C=O) groups is 1. The number of hydrogen-bond donors (Lipinski definition) is 2. The Morgan fingerprint density at radius 1 is 1.24 bits per heavy atom. The Kier molecular flexibility index (Phi) is 5.97. The fourth-order valence-corrected chi connectivity index (χ4v) is 4.54. The third-order valence-electron chi connectivity index (χ3n) is 5.25. The molecule has 34 heavy (non-hydrogen) atoms. The maximum absolute atomic E-state index is 11.9. The minimum absolute atomic E-state index is 0.0209. The zero-order valence-electron chi connectivity index (χ0n) is 18.6. The van der Waals surface area contributed by atoms with E-state index in [-0.39, 0.29) is 18.6 Å². The van der Waals surface area contributed by atoms with Crippen LogP contribution in [0.25, 0.3) is 22.6 Å². The molecule has 0 unspecified atom stereocenters. The van der Waals surface area contributed by atoms with Crippen LogP contribution in [0.1, 0.15) is 20.3 Å². The molecule has 5 rings (SSSR count). The molecule has 0 atom stereocenters. The molecule has 176 valence electrons. The second-order valence-electron chi connectivity index (χ2n) is 7.92. The fourth-order valence-electron chi connectivity index (χ4n) is 3.50. The molecule has 1 amide bonds. The van der Waals surface area contributed by atoms with Crippen LogP contribution in [0, 0.1) is 5.92 Å². The average molecular weight is 482 g/mol. The Morgan fingerprint density at radius 3 is 2.82 bits per heavy atom. The van der Waals surface area contributed by atoms with Crippen molar-refractivity contribution in [1.82, 2.24) is 29.8 Å². The average Bonchev–Trinajstić information content (AvgIpc) is 3.57. The first-order valence-electron chi connectivity index (χ1n) is 10.8. The Bertz CT molecular complexity index is 1340. The summed E-state index contributed by atoms with van der Waals surface area (Å²) < 4.78 is 18.7. The minimum atomic E-state index is -0.0626. The molecule has 1 aliphatic rings. The van der Waals surface area contributed by atoms with Gasteiger partial charge in [-0.25, -0.2) is 19.9 Å². The quantitative estimate of drug-likeness (QED) is 0.360. The number of fused-ring (bicyclic) bond motifs is 2. The van der Waals surface area contributed by atoms with Gasteiger partial charge in [-0.05, 0) is 18.6 Å². The highest BCUT2D eigenvalue weighted by atomic mass is 32.2. The van der Waals surface area contributed by atoms with Crippen molar-refractivity contribution < 1.29 is 18.7 Å². The lowest BCUT2D eigenvalue weighted by Gasteiger charge is -2.12. The van der Waals surface area contributed by atoms with Gasteiger partial charge in [0.25, 0.3) is 0 Å².